The molecule has 1 aliphatic heterocycles. The van der Waals surface area contributed by atoms with Crippen LogP contribution < -0.4 is 15.0 Å². The summed E-state index contributed by atoms with van der Waals surface area (Å²) in [6, 6.07) is 14.8. The Labute approximate surface area is 176 Å². The van der Waals surface area contributed by atoms with Gasteiger partial charge in [-0.25, -0.2) is 0 Å². The summed E-state index contributed by atoms with van der Waals surface area (Å²) in [6.07, 6.45) is 0.877. The van der Waals surface area contributed by atoms with Crippen LogP contribution in [0.4, 0.5) is 5.69 Å². The summed E-state index contributed by atoms with van der Waals surface area (Å²) in [5, 5.41) is 3.65. The minimum absolute atomic E-state index is 0.00521. The Balaban J connectivity index is 1.41. The molecule has 0 spiro atoms. The van der Waals surface area contributed by atoms with Crippen LogP contribution in [0.5, 0.6) is 5.75 Å². The largest absolute Gasteiger partial charge is 0.484 e. The molecule has 154 valence electrons. The van der Waals surface area contributed by atoms with Gasteiger partial charge in [0.25, 0.3) is 11.8 Å². The maximum atomic E-state index is 12.4. The highest BCUT2D eigenvalue weighted by Crippen LogP contribution is 2.16. The number of hydrogen-bond acceptors (Lipinski definition) is 3. The van der Waals surface area contributed by atoms with Crippen molar-refractivity contribution in [2.24, 2.45) is 0 Å². The molecule has 0 aromatic heterocycles. The van der Waals surface area contributed by atoms with Crippen molar-refractivity contribution in [2.75, 3.05) is 44.6 Å². The van der Waals surface area contributed by atoms with Crippen molar-refractivity contribution in [2.45, 2.75) is 13.3 Å². The molecule has 2 aromatic rings. The number of ether oxygens (including phenoxy) is 1. The molecule has 3 rings (SSSR count). The first-order valence-electron chi connectivity index (χ1n) is 9.92. The molecule has 0 atom stereocenters. The summed E-state index contributed by atoms with van der Waals surface area (Å²) in [4.78, 5) is 27.7. The number of nitrogens with one attached hydrogen (secondary N) is 2. The molecule has 0 bridgehead atoms. The van der Waals surface area contributed by atoms with Crippen LogP contribution in [0.2, 0.25) is 5.02 Å². The first-order chi connectivity index (χ1) is 14.0. The third-order valence-electron chi connectivity index (χ3n) is 5.08. The Kier molecular flexibility index (Phi) is 7.49. The lowest BCUT2D eigenvalue weighted by atomic mass is 10.1. The van der Waals surface area contributed by atoms with E-state index in [1.165, 1.54) is 4.90 Å². The second kappa shape index (κ2) is 10.3. The zero-order valence-electron chi connectivity index (χ0n) is 16.6. The van der Waals surface area contributed by atoms with Gasteiger partial charge in [0.1, 0.15) is 5.75 Å². The molecule has 0 radical (unpaired) electrons. The lowest BCUT2D eigenvalue weighted by molar-refractivity contribution is -0.895. The SMILES string of the molecule is CCc1ccccc1NC(=O)C[NH+]1CCN(C(=O)COc2ccc(Cl)cc2)CC1. The summed E-state index contributed by atoms with van der Waals surface area (Å²) in [5.41, 5.74) is 2.01. The number of rotatable bonds is 7. The Hall–Kier alpha value is -2.57. The van der Waals surface area contributed by atoms with Gasteiger partial charge in [-0.3, -0.25) is 9.59 Å². The number of carbonyl (C=O) groups is 2. The van der Waals surface area contributed by atoms with Gasteiger partial charge in [-0.15, -0.1) is 0 Å². The maximum absolute atomic E-state index is 12.4. The molecule has 7 heteroatoms. The van der Waals surface area contributed by atoms with Gasteiger partial charge < -0.3 is 19.9 Å². The van der Waals surface area contributed by atoms with Gasteiger partial charge in [-0.05, 0) is 42.3 Å². The highest BCUT2D eigenvalue weighted by Gasteiger charge is 2.25. The molecule has 1 saturated heterocycles. The molecule has 0 saturated carbocycles. The van der Waals surface area contributed by atoms with E-state index in [2.05, 4.69) is 12.2 Å². The van der Waals surface area contributed by atoms with Crippen molar-refractivity contribution < 1.29 is 19.2 Å². The normalized spacial score (nSPS) is 14.5. The summed E-state index contributed by atoms with van der Waals surface area (Å²) in [5.74, 6) is 0.586. The molecule has 6 nitrogen and oxygen atoms in total. The highest BCUT2D eigenvalue weighted by atomic mass is 35.5. The molecule has 1 fully saturated rings. The van der Waals surface area contributed by atoms with Gasteiger partial charge in [0.2, 0.25) is 0 Å². The van der Waals surface area contributed by atoms with Gasteiger partial charge >= 0.3 is 0 Å². The third kappa shape index (κ3) is 6.21. The number of para-hydroxylation sites is 1. The van der Waals surface area contributed by atoms with Crippen LogP contribution in [0, 0.1) is 0 Å². The Morgan fingerprint density at radius 1 is 1.10 bits per heavy atom. The zero-order valence-corrected chi connectivity index (χ0v) is 17.4. The Morgan fingerprint density at radius 3 is 2.48 bits per heavy atom. The Morgan fingerprint density at radius 2 is 1.79 bits per heavy atom. The predicted octanol–water partition coefficient (Wildman–Crippen LogP) is 1.65. The van der Waals surface area contributed by atoms with Gasteiger partial charge in [0.15, 0.2) is 13.2 Å². The van der Waals surface area contributed by atoms with E-state index in [9.17, 15) is 9.59 Å². The monoisotopic (exact) mass is 416 g/mol. The van der Waals surface area contributed by atoms with E-state index in [1.54, 1.807) is 29.2 Å². The summed E-state index contributed by atoms with van der Waals surface area (Å²) in [6.45, 7) is 5.22. The minimum atomic E-state index is -0.0414. The number of anilines is 1. The molecule has 2 amide bonds. The van der Waals surface area contributed by atoms with Gasteiger partial charge in [-0.2, -0.15) is 0 Å². The van der Waals surface area contributed by atoms with Crippen LogP contribution >= 0.6 is 11.6 Å². The number of halogens is 1. The van der Waals surface area contributed by atoms with Crippen molar-refractivity contribution in [1.29, 1.82) is 0 Å². The van der Waals surface area contributed by atoms with Crippen LogP contribution in [-0.4, -0.2) is 56.0 Å². The zero-order chi connectivity index (χ0) is 20.6. The third-order valence-corrected chi connectivity index (χ3v) is 5.33. The number of nitrogens with zero attached hydrogens (tertiary/aromatic N) is 1. The number of benzene rings is 2. The molecule has 1 heterocycles. The fraction of sp³-hybridized carbons (Fsp3) is 0.364. The van der Waals surface area contributed by atoms with E-state index in [4.69, 9.17) is 16.3 Å². The second-order valence-electron chi connectivity index (χ2n) is 7.11. The number of aryl methyl sites for hydroxylation is 1. The van der Waals surface area contributed by atoms with Crippen molar-refractivity contribution in [3.8, 4) is 5.75 Å². The predicted molar refractivity (Wildman–Crippen MR) is 114 cm³/mol. The summed E-state index contributed by atoms with van der Waals surface area (Å²) < 4.78 is 5.53. The maximum Gasteiger partial charge on any atom is 0.279 e. The van der Waals surface area contributed by atoms with Crippen molar-refractivity contribution in [1.82, 2.24) is 4.90 Å². The topological polar surface area (TPSA) is 63.1 Å². The van der Waals surface area contributed by atoms with E-state index >= 15 is 0 Å². The molecule has 2 aromatic carbocycles. The molecular weight excluding hydrogens is 390 g/mol. The molecule has 29 heavy (non-hydrogen) atoms. The number of hydrogen-bond donors (Lipinski definition) is 2. The van der Waals surface area contributed by atoms with Gasteiger partial charge in [0, 0.05) is 10.7 Å². The first kappa shape index (κ1) is 21.1. The fourth-order valence-corrected chi connectivity index (χ4v) is 3.51. The van der Waals surface area contributed by atoms with E-state index < -0.39 is 0 Å². The summed E-state index contributed by atoms with van der Waals surface area (Å²) in [7, 11) is 0. The smallest absolute Gasteiger partial charge is 0.279 e. The molecule has 2 N–H and O–H groups in total. The second-order valence-corrected chi connectivity index (χ2v) is 7.55. The van der Waals surface area contributed by atoms with Crippen LogP contribution in [-0.2, 0) is 16.0 Å². The molecular formula is C22H27ClN3O3+. The molecule has 0 unspecified atom stereocenters. The van der Waals surface area contributed by atoms with Crippen molar-refractivity contribution in [3.05, 3.63) is 59.1 Å². The lowest BCUT2D eigenvalue weighted by Gasteiger charge is -2.31. The fourth-order valence-electron chi connectivity index (χ4n) is 3.39. The lowest BCUT2D eigenvalue weighted by Crippen LogP contribution is -3.15. The van der Waals surface area contributed by atoms with Gasteiger partial charge in [0.05, 0.1) is 26.2 Å². The average molecular weight is 417 g/mol. The average Bonchev–Trinajstić information content (AvgIpc) is 2.74. The number of amides is 2. The quantitative estimate of drug-likeness (QED) is 0.721. The van der Waals surface area contributed by atoms with E-state index in [0.717, 1.165) is 30.8 Å². The highest BCUT2D eigenvalue weighted by molar-refractivity contribution is 6.30. The minimum Gasteiger partial charge on any atom is -0.484 e. The molecule has 0 aliphatic carbocycles. The van der Waals surface area contributed by atoms with Crippen LogP contribution in [0.3, 0.4) is 0 Å². The first-order valence-corrected chi connectivity index (χ1v) is 10.3. The number of carbonyl (C=O) groups excluding carboxylic acids is 2. The van der Waals surface area contributed by atoms with Crippen LogP contribution in [0.25, 0.3) is 0 Å². The Bertz CT molecular complexity index is 833. The van der Waals surface area contributed by atoms with Crippen LogP contribution in [0.15, 0.2) is 48.5 Å². The van der Waals surface area contributed by atoms with E-state index in [1.807, 2.05) is 24.3 Å². The van der Waals surface area contributed by atoms with E-state index in [0.29, 0.717) is 30.4 Å². The number of quaternary nitrogens is 1. The van der Waals surface area contributed by atoms with Crippen molar-refractivity contribution >= 4 is 29.1 Å². The molecule has 1 aliphatic rings. The number of piperazine rings is 1. The van der Waals surface area contributed by atoms with E-state index in [-0.39, 0.29) is 18.4 Å². The van der Waals surface area contributed by atoms with Crippen LogP contribution in [0.1, 0.15) is 12.5 Å². The van der Waals surface area contributed by atoms with Crippen molar-refractivity contribution in [3.63, 3.8) is 0 Å². The summed E-state index contributed by atoms with van der Waals surface area (Å²) >= 11 is 5.84. The standard InChI is InChI=1S/C22H26ClN3O3/c1-2-17-5-3-4-6-20(17)24-21(27)15-25-11-13-26(14-12-25)22(28)16-29-19-9-7-18(23)8-10-19/h3-10H,2,11-16H2,1H3,(H,24,27)/p+1. The van der Waals surface area contributed by atoms with Gasteiger partial charge in [-0.1, -0.05) is 36.7 Å².